The van der Waals surface area contributed by atoms with Crippen molar-refractivity contribution in [2.24, 2.45) is 0 Å². The molecule has 0 aliphatic heterocycles. The summed E-state index contributed by atoms with van der Waals surface area (Å²) in [5, 5.41) is 7.75. The van der Waals surface area contributed by atoms with E-state index in [0.717, 1.165) is 25.7 Å². The normalized spacial score (nSPS) is 16.0. The predicted octanol–water partition coefficient (Wildman–Crippen LogP) is 2.69. The molecule has 1 aliphatic carbocycles. The van der Waals surface area contributed by atoms with Crippen LogP contribution in [0.3, 0.4) is 0 Å². The second kappa shape index (κ2) is 10.9. The molecule has 4 rings (SSSR count). The fourth-order valence-electron chi connectivity index (χ4n) is 4.23. The van der Waals surface area contributed by atoms with Gasteiger partial charge >= 0.3 is 0 Å². The fourth-order valence-corrected chi connectivity index (χ4v) is 5.46. The van der Waals surface area contributed by atoms with Crippen LogP contribution in [-0.4, -0.2) is 69.7 Å². The monoisotopic (exact) mass is 538 g/mol. The fraction of sp³-hybridized carbons (Fsp3) is 0.524. The summed E-state index contributed by atoms with van der Waals surface area (Å²) in [5.74, 6) is 1.11. The van der Waals surface area contributed by atoms with Crippen LogP contribution in [0.15, 0.2) is 18.7 Å². The molecule has 0 spiro atoms. The van der Waals surface area contributed by atoms with E-state index in [1.807, 2.05) is 0 Å². The molecule has 0 radical (unpaired) electrons. The zero-order valence-corrected chi connectivity index (χ0v) is 21.8. The van der Waals surface area contributed by atoms with Crippen LogP contribution in [0.5, 0.6) is 11.8 Å². The van der Waals surface area contributed by atoms with E-state index in [0.29, 0.717) is 16.5 Å². The molecular weight excluding hydrogens is 512 g/mol. The van der Waals surface area contributed by atoms with Crippen LogP contribution in [0.2, 0.25) is 5.02 Å². The van der Waals surface area contributed by atoms with Gasteiger partial charge < -0.3 is 14.2 Å². The van der Waals surface area contributed by atoms with Gasteiger partial charge in [0.15, 0.2) is 11.5 Å². The van der Waals surface area contributed by atoms with Crippen molar-refractivity contribution >= 4 is 27.6 Å². The second-order valence-corrected chi connectivity index (χ2v) is 10.7. The molecule has 1 fully saturated rings. The van der Waals surface area contributed by atoms with Gasteiger partial charge in [-0.25, -0.2) is 18.4 Å². The van der Waals surface area contributed by atoms with Crippen LogP contribution < -0.4 is 14.2 Å². The van der Waals surface area contributed by atoms with Crippen LogP contribution in [0.25, 0.3) is 5.69 Å². The summed E-state index contributed by atoms with van der Waals surface area (Å²) in [6.07, 6.45) is 6.91. The number of nitrogens with one attached hydrogen (secondary N) is 1. The predicted molar refractivity (Wildman–Crippen MR) is 130 cm³/mol. The van der Waals surface area contributed by atoms with Crippen LogP contribution in [0, 0.1) is 0 Å². The molecule has 13 nitrogen and oxygen atoms in total. The average Bonchev–Trinajstić information content (AvgIpc) is 3.54. The molecule has 0 bridgehead atoms. The first-order chi connectivity index (χ1) is 17.3. The largest absolute Gasteiger partial charge is 0.479 e. The van der Waals surface area contributed by atoms with Crippen molar-refractivity contribution < 1.29 is 22.6 Å². The van der Waals surface area contributed by atoms with E-state index in [1.165, 1.54) is 47.0 Å². The van der Waals surface area contributed by atoms with Crippen LogP contribution >= 0.6 is 11.6 Å². The summed E-state index contributed by atoms with van der Waals surface area (Å²) < 4.78 is 47.5. The van der Waals surface area contributed by atoms with Gasteiger partial charge in [0.05, 0.1) is 19.2 Å². The van der Waals surface area contributed by atoms with E-state index in [9.17, 15) is 8.42 Å². The number of hydrogen-bond acceptors (Lipinski definition) is 11. The first-order valence-corrected chi connectivity index (χ1v) is 13.1. The molecule has 1 saturated carbocycles. The molecule has 3 heterocycles. The highest BCUT2D eigenvalue weighted by atomic mass is 35.5. The molecule has 0 amide bonds. The number of anilines is 1. The van der Waals surface area contributed by atoms with Crippen molar-refractivity contribution in [1.29, 1.82) is 0 Å². The molecule has 0 aromatic carbocycles. The van der Waals surface area contributed by atoms with Gasteiger partial charge in [-0.2, -0.15) is 9.97 Å². The number of ether oxygens (including phenoxy) is 3. The SMILES string of the molecule is COc1ncnc(OC)c1-n1c(NS(=O)(=O)[C@@H](C)[C@H](OC)c2ncc(Cl)cn2)nnc1C1CCCC1. The molecule has 194 valence electrons. The Morgan fingerprint density at radius 2 is 1.64 bits per heavy atom. The topological polar surface area (TPSA) is 156 Å². The Balaban J connectivity index is 1.77. The molecular formula is C21H27ClN8O5S. The molecule has 0 saturated heterocycles. The molecule has 15 heteroatoms. The summed E-state index contributed by atoms with van der Waals surface area (Å²) in [6.45, 7) is 1.49. The lowest BCUT2D eigenvalue weighted by Gasteiger charge is -2.23. The third-order valence-corrected chi connectivity index (χ3v) is 7.96. The van der Waals surface area contributed by atoms with E-state index >= 15 is 0 Å². The first-order valence-electron chi connectivity index (χ1n) is 11.2. The summed E-state index contributed by atoms with van der Waals surface area (Å²) >= 11 is 5.87. The minimum absolute atomic E-state index is 0.0537. The van der Waals surface area contributed by atoms with Crippen molar-refractivity contribution in [3.8, 4) is 17.4 Å². The molecule has 3 aromatic rings. The number of nitrogens with zero attached hydrogens (tertiary/aromatic N) is 7. The highest BCUT2D eigenvalue weighted by molar-refractivity contribution is 7.93. The van der Waals surface area contributed by atoms with Crippen molar-refractivity contribution in [3.05, 3.63) is 35.4 Å². The molecule has 3 aromatic heterocycles. The molecule has 36 heavy (non-hydrogen) atoms. The Labute approximate surface area is 213 Å². The number of hydrogen-bond donors (Lipinski definition) is 1. The van der Waals surface area contributed by atoms with Crippen molar-refractivity contribution in [2.75, 3.05) is 26.1 Å². The Kier molecular flexibility index (Phi) is 7.85. The van der Waals surface area contributed by atoms with Crippen LogP contribution in [0.4, 0.5) is 5.95 Å². The van der Waals surface area contributed by atoms with Gasteiger partial charge in [0, 0.05) is 25.4 Å². The van der Waals surface area contributed by atoms with Gasteiger partial charge in [-0.15, -0.1) is 10.2 Å². The maximum Gasteiger partial charge on any atom is 0.245 e. The minimum atomic E-state index is -4.10. The number of aromatic nitrogens is 7. The van der Waals surface area contributed by atoms with Gasteiger partial charge in [0.1, 0.15) is 23.5 Å². The maximum absolute atomic E-state index is 13.5. The Bertz CT molecular complexity index is 1280. The third kappa shape index (κ3) is 5.06. The van der Waals surface area contributed by atoms with Crippen molar-refractivity contribution in [2.45, 2.75) is 49.9 Å². The lowest BCUT2D eigenvalue weighted by Crippen LogP contribution is -2.33. The average molecular weight is 539 g/mol. The zero-order chi connectivity index (χ0) is 25.9. The number of sulfonamides is 1. The summed E-state index contributed by atoms with van der Waals surface area (Å²) in [4.78, 5) is 16.6. The lowest BCUT2D eigenvalue weighted by atomic mass is 10.1. The smallest absolute Gasteiger partial charge is 0.245 e. The summed E-state index contributed by atoms with van der Waals surface area (Å²) in [6, 6.07) is 0. The molecule has 1 N–H and O–H groups in total. The number of rotatable bonds is 10. The van der Waals surface area contributed by atoms with Crippen molar-refractivity contribution in [1.82, 2.24) is 34.7 Å². The van der Waals surface area contributed by atoms with Gasteiger partial charge in [-0.1, -0.05) is 24.4 Å². The second-order valence-electron chi connectivity index (χ2n) is 8.21. The standard InChI is InChI=1S/C21H27ClN8O5S/c1-12(16(33-2)17-23-9-14(22)10-24-17)36(31,32)29-21-28-27-18(13-7-5-6-8-13)30(21)15-19(34-3)25-11-26-20(15)35-4/h9-13,16H,5-8H2,1-4H3,(H,28,29)/t12-,16-/m0/s1. The van der Waals surface area contributed by atoms with Crippen molar-refractivity contribution in [3.63, 3.8) is 0 Å². The quantitative estimate of drug-likeness (QED) is 0.404. The Morgan fingerprint density at radius 3 is 2.19 bits per heavy atom. The molecule has 1 aliphatic rings. The van der Waals surface area contributed by atoms with E-state index in [1.54, 1.807) is 4.57 Å². The molecule has 0 unspecified atom stereocenters. The first kappa shape index (κ1) is 26.0. The van der Waals surface area contributed by atoms with E-state index in [4.69, 9.17) is 25.8 Å². The lowest BCUT2D eigenvalue weighted by molar-refractivity contribution is 0.0950. The number of halogens is 1. The van der Waals surface area contributed by atoms with E-state index in [-0.39, 0.29) is 29.5 Å². The molecule has 2 atom stereocenters. The van der Waals surface area contributed by atoms with Crippen LogP contribution in [-0.2, 0) is 14.8 Å². The highest BCUT2D eigenvalue weighted by Gasteiger charge is 2.36. The number of methoxy groups -OCH3 is 3. The summed E-state index contributed by atoms with van der Waals surface area (Å²) in [7, 11) is 0.186. The summed E-state index contributed by atoms with van der Waals surface area (Å²) in [5.41, 5.74) is 0.295. The van der Waals surface area contributed by atoms with Crippen LogP contribution in [0.1, 0.15) is 56.3 Å². The van der Waals surface area contributed by atoms with Gasteiger partial charge in [0.25, 0.3) is 0 Å². The van der Waals surface area contributed by atoms with Gasteiger partial charge in [0.2, 0.25) is 27.7 Å². The zero-order valence-electron chi connectivity index (χ0n) is 20.3. The van der Waals surface area contributed by atoms with Gasteiger partial charge in [-0.05, 0) is 19.8 Å². The third-order valence-electron chi connectivity index (χ3n) is 6.07. The maximum atomic E-state index is 13.5. The van der Waals surface area contributed by atoms with E-state index in [2.05, 4.69) is 34.9 Å². The minimum Gasteiger partial charge on any atom is -0.479 e. The Hall–Kier alpha value is -3.10. The van der Waals surface area contributed by atoms with E-state index < -0.39 is 21.4 Å². The van der Waals surface area contributed by atoms with Gasteiger partial charge in [-0.3, -0.25) is 9.29 Å². The highest BCUT2D eigenvalue weighted by Crippen LogP contribution is 2.39. The Morgan fingerprint density at radius 1 is 1.03 bits per heavy atom.